The highest BCUT2D eigenvalue weighted by molar-refractivity contribution is 6.42. The molecule has 4 heteroatoms. The highest BCUT2D eigenvalue weighted by Crippen LogP contribution is 2.25. The summed E-state index contributed by atoms with van der Waals surface area (Å²) in [7, 11) is 2.17. The molecular formula is C12H16Cl2N2. The van der Waals surface area contributed by atoms with Gasteiger partial charge < -0.3 is 10.2 Å². The number of nitrogens with zero attached hydrogens (tertiary/aromatic N) is 1. The number of benzene rings is 1. The van der Waals surface area contributed by atoms with E-state index >= 15 is 0 Å². The molecule has 1 atom stereocenters. The van der Waals surface area contributed by atoms with Gasteiger partial charge >= 0.3 is 0 Å². The van der Waals surface area contributed by atoms with E-state index in [0.29, 0.717) is 16.1 Å². The second-order valence-electron chi connectivity index (χ2n) is 4.29. The Labute approximate surface area is 107 Å². The molecule has 0 radical (unpaired) electrons. The lowest BCUT2D eigenvalue weighted by atomic mass is 10.2. The van der Waals surface area contributed by atoms with Crippen LogP contribution in [0.3, 0.4) is 0 Å². The second kappa shape index (κ2) is 5.26. The Bertz CT molecular complexity index is 368. The first-order valence-corrected chi connectivity index (χ1v) is 6.31. The van der Waals surface area contributed by atoms with Gasteiger partial charge in [0.05, 0.1) is 10.0 Å². The Kier molecular flexibility index (Phi) is 3.95. The van der Waals surface area contributed by atoms with Gasteiger partial charge in [-0.15, -0.1) is 0 Å². The summed E-state index contributed by atoms with van der Waals surface area (Å²) in [6.07, 6.45) is 2.56. The fraction of sp³-hybridized carbons (Fsp3) is 0.500. The quantitative estimate of drug-likeness (QED) is 0.893. The fourth-order valence-electron chi connectivity index (χ4n) is 2.08. The number of likely N-dealkylation sites (N-methyl/N-ethyl adjacent to an activating group) is 1. The third-order valence-electron chi connectivity index (χ3n) is 3.13. The van der Waals surface area contributed by atoms with Gasteiger partial charge in [-0.25, -0.2) is 0 Å². The Morgan fingerprint density at radius 2 is 2.19 bits per heavy atom. The van der Waals surface area contributed by atoms with E-state index < -0.39 is 0 Å². The minimum atomic E-state index is 0.602. The molecule has 0 amide bonds. The summed E-state index contributed by atoms with van der Waals surface area (Å²) in [6, 6.07) is 6.29. The van der Waals surface area contributed by atoms with Gasteiger partial charge in [0, 0.05) is 18.3 Å². The van der Waals surface area contributed by atoms with Crippen LogP contribution in [0.15, 0.2) is 18.2 Å². The molecule has 0 aromatic heterocycles. The van der Waals surface area contributed by atoms with Crippen LogP contribution in [0.1, 0.15) is 12.8 Å². The molecule has 2 rings (SSSR count). The van der Waals surface area contributed by atoms with E-state index in [1.807, 2.05) is 18.2 Å². The van der Waals surface area contributed by atoms with Crippen molar-refractivity contribution in [2.75, 3.05) is 25.5 Å². The fourth-order valence-corrected chi connectivity index (χ4v) is 2.38. The van der Waals surface area contributed by atoms with Crippen molar-refractivity contribution in [1.29, 1.82) is 0 Å². The lowest BCUT2D eigenvalue weighted by Gasteiger charge is -2.20. The Morgan fingerprint density at radius 1 is 1.38 bits per heavy atom. The zero-order chi connectivity index (χ0) is 11.5. The number of nitrogens with one attached hydrogen (secondary N) is 1. The number of halogens is 2. The van der Waals surface area contributed by atoms with Gasteiger partial charge in [-0.3, -0.25) is 0 Å². The maximum Gasteiger partial charge on any atom is 0.0612 e. The highest BCUT2D eigenvalue weighted by atomic mass is 35.5. The van der Waals surface area contributed by atoms with Crippen molar-refractivity contribution in [3.05, 3.63) is 28.2 Å². The smallest absolute Gasteiger partial charge is 0.0612 e. The molecule has 0 aliphatic carbocycles. The van der Waals surface area contributed by atoms with Crippen LogP contribution in [0.5, 0.6) is 0 Å². The Morgan fingerprint density at radius 3 is 2.81 bits per heavy atom. The number of likely N-dealkylation sites (tertiary alicyclic amines) is 1. The van der Waals surface area contributed by atoms with Crippen LogP contribution in [0.25, 0.3) is 0 Å². The predicted molar refractivity (Wildman–Crippen MR) is 70.6 cm³/mol. The van der Waals surface area contributed by atoms with Gasteiger partial charge in [0.25, 0.3) is 0 Å². The Hall–Kier alpha value is -0.440. The van der Waals surface area contributed by atoms with E-state index in [1.54, 1.807) is 0 Å². The molecule has 1 aromatic rings. The van der Waals surface area contributed by atoms with Crippen molar-refractivity contribution in [1.82, 2.24) is 4.90 Å². The van der Waals surface area contributed by atoms with E-state index in [1.165, 1.54) is 19.4 Å². The minimum absolute atomic E-state index is 0.602. The van der Waals surface area contributed by atoms with E-state index in [2.05, 4.69) is 17.3 Å². The van der Waals surface area contributed by atoms with Crippen LogP contribution in [0.2, 0.25) is 10.0 Å². The largest absolute Gasteiger partial charge is 0.383 e. The molecule has 0 saturated carbocycles. The molecule has 0 bridgehead atoms. The molecule has 16 heavy (non-hydrogen) atoms. The highest BCUT2D eigenvalue weighted by Gasteiger charge is 2.20. The van der Waals surface area contributed by atoms with Gasteiger partial charge in [-0.1, -0.05) is 23.2 Å². The number of hydrogen-bond acceptors (Lipinski definition) is 2. The van der Waals surface area contributed by atoms with E-state index in [4.69, 9.17) is 23.2 Å². The zero-order valence-corrected chi connectivity index (χ0v) is 10.9. The normalized spacial score (nSPS) is 21.3. The molecule has 0 spiro atoms. The van der Waals surface area contributed by atoms with Crippen molar-refractivity contribution in [3.8, 4) is 0 Å². The first-order chi connectivity index (χ1) is 7.66. The summed E-state index contributed by atoms with van der Waals surface area (Å²) in [5.41, 5.74) is 1.04. The summed E-state index contributed by atoms with van der Waals surface area (Å²) in [6.45, 7) is 2.17. The lowest BCUT2D eigenvalue weighted by molar-refractivity contribution is 0.322. The van der Waals surface area contributed by atoms with Crippen LogP contribution in [0.4, 0.5) is 5.69 Å². The van der Waals surface area contributed by atoms with Crippen molar-refractivity contribution >= 4 is 28.9 Å². The molecule has 1 unspecified atom stereocenters. The molecule has 1 aliphatic rings. The van der Waals surface area contributed by atoms with E-state index in [0.717, 1.165) is 12.2 Å². The minimum Gasteiger partial charge on any atom is -0.383 e. The van der Waals surface area contributed by atoms with Gasteiger partial charge in [0.15, 0.2) is 0 Å². The van der Waals surface area contributed by atoms with Crippen LogP contribution in [-0.2, 0) is 0 Å². The summed E-state index contributed by atoms with van der Waals surface area (Å²) in [5, 5.41) is 4.61. The first kappa shape index (κ1) is 12.0. The summed E-state index contributed by atoms with van der Waals surface area (Å²) < 4.78 is 0. The summed E-state index contributed by atoms with van der Waals surface area (Å²) in [4.78, 5) is 2.39. The average molecular weight is 259 g/mol. The molecular weight excluding hydrogens is 243 g/mol. The molecule has 1 saturated heterocycles. The third kappa shape index (κ3) is 2.82. The van der Waals surface area contributed by atoms with Crippen molar-refractivity contribution in [2.45, 2.75) is 18.9 Å². The molecule has 1 heterocycles. The molecule has 1 aromatic carbocycles. The molecule has 2 nitrogen and oxygen atoms in total. The number of hydrogen-bond donors (Lipinski definition) is 1. The molecule has 88 valence electrons. The van der Waals surface area contributed by atoms with E-state index in [-0.39, 0.29) is 0 Å². The number of rotatable bonds is 3. The van der Waals surface area contributed by atoms with Crippen molar-refractivity contribution in [2.24, 2.45) is 0 Å². The van der Waals surface area contributed by atoms with Crippen LogP contribution in [-0.4, -0.2) is 31.1 Å². The predicted octanol–water partition coefficient (Wildman–Crippen LogP) is 3.50. The first-order valence-electron chi connectivity index (χ1n) is 5.56. The van der Waals surface area contributed by atoms with Crippen LogP contribution >= 0.6 is 23.2 Å². The van der Waals surface area contributed by atoms with Crippen LogP contribution in [0, 0.1) is 0 Å². The van der Waals surface area contributed by atoms with Gasteiger partial charge in [0.1, 0.15) is 0 Å². The van der Waals surface area contributed by atoms with Crippen molar-refractivity contribution < 1.29 is 0 Å². The van der Waals surface area contributed by atoms with E-state index in [9.17, 15) is 0 Å². The van der Waals surface area contributed by atoms with Crippen molar-refractivity contribution in [3.63, 3.8) is 0 Å². The van der Waals surface area contributed by atoms with Crippen LogP contribution < -0.4 is 5.32 Å². The average Bonchev–Trinajstić information content (AvgIpc) is 2.66. The second-order valence-corrected chi connectivity index (χ2v) is 5.10. The summed E-state index contributed by atoms with van der Waals surface area (Å²) >= 11 is 11.8. The maximum absolute atomic E-state index is 5.96. The van der Waals surface area contributed by atoms with Gasteiger partial charge in [0.2, 0.25) is 0 Å². The molecule has 1 N–H and O–H groups in total. The molecule has 1 aliphatic heterocycles. The topological polar surface area (TPSA) is 15.3 Å². The standard InChI is InChI=1S/C12H16Cl2N2/c1-16-6-2-3-10(16)8-15-9-4-5-11(13)12(14)7-9/h4-5,7,10,15H,2-3,6,8H2,1H3. The lowest BCUT2D eigenvalue weighted by Crippen LogP contribution is -2.31. The monoisotopic (exact) mass is 258 g/mol. The number of anilines is 1. The Balaban J connectivity index is 1.91. The summed E-state index contributed by atoms with van der Waals surface area (Å²) in [5.74, 6) is 0. The third-order valence-corrected chi connectivity index (χ3v) is 3.87. The van der Waals surface area contributed by atoms with Gasteiger partial charge in [-0.05, 0) is 44.6 Å². The van der Waals surface area contributed by atoms with Gasteiger partial charge in [-0.2, -0.15) is 0 Å². The maximum atomic E-state index is 5.96. The molecule has 1 fully saturated rings. The zero-order valence-electron chi connectivity index (χ0n) is 9.34. The SMILES string of the molecule is CN1CCCC1CNc1ccc(Cl)c(Cl)c1.